The van der Waals surface area contributed by atoms with Gasteiger partial charge in [0.15, 0.2) is 0 Å². The molecule has 2 rings (SSSR count). The van der Waals surface area contributed by atoms with Crippen molar-refractivity contribution >= 4 is 28.8 Å². The van der Waals surface area contributed by atoms with Crippen LogP contribution in [0.25, 0.3) is 0 Å². The predicted octanol–water partition coefficient (Wildman–Crippen LogP) is 3.83. The zero-order valence-corrected chi connectivity index (χ0v) is 15.5. The lowest BCUT2D eigenvalue weighted by Gasteiger charge is -2.22. The second-order valence-corrected chi connectivity index (χ2v) is 6.62. The predicted molar refractivity (Wildman–Crippen MR) is 100 cm³/mol. The van der Waals surface area contributed by atoms with Gasteiger partial charge in [0.2, 0.25) is 0 Å². The van der Waals surface area contributed by atoms with E-state index in [4.69, 9.17) is 0 Å². The maximum Gasteiger partial charge on any atom is 0.275 e. The molecule has 1 N–H and O–H groups in total. The maximum atomic E-state index is 12.9. The first-order chi connectivity index (χ1) is 12.2. The molecule has 0 aromatic carbocycles. The van der Waals surface area contributed by atoms with Crippen LogP contribution in [0.4, 0.5) is 5.69 Å². The quantitative estimate of drug-likeness (QED) is 0.737. The fourth-order valence-electron chi connectivity index (χ4n) is 2.33. The molecule has 2 aromatic rings. The van der Waals surface area contributed by atoms with E-state index in [0.717, 1.165) is 38.8 Å². The molecule has 25 heavy (non-hydrogen) atoms. The number of thiophene rings is 1. The van der Waals surface area contributed by atoms with Crippen LogP contribution in [0.1, 0.15) is 59.7 Å². The van der Waals surface area contributed by atoms with Gasteiger partial charge in [-0.05, 0) is 24.3 Å². The first kappa shape index (κ1) is 19.1. The summed E-state index contributed by atoms with van der Waals surface area (Å²) in [6.07, 6.45) is 8.40. The van der Waals surface area contributed by atoms with Crippen LogP contribution >= 0.6 is 11.3 Å². The van der Waals surface area contributed by atoms with Gasteiger partial charge in [-0.1, -0.05) is 26.7 Å². The van der Waals surface area contributed by atoms with Gasteiger partial charge in [-0.25, -0.2) is 4.98 Å². The third-order valence-corrected chi connectivity index (χ3v) is 4.66. The van der Waals surface area contributed by atoms with Crippen molar-refractivity contribution in [3.05, 3.63) is 40.6 Å². The summed E-state index contributed by atoms with van der Waals surface area (Å²) in [5, 5.41) is 4.59. The summed E-state index contributed by atoms with van der Waals surface area (Å²) >= 11 is 1.35. The van der Waals surface area contributed by atoms with Crippen LogP contribution in [0.5, 0.6) is 0 Å². The number of amides is 2. The fourth-order valence-corrected chi connectivity index (χ4v) is 3.15. The van der Waals surface area contributed by atoms with Crippen molar-refractivity contribution in [1.82, 2.24) is 14.9 Å². The van der Waals surface area contributed by atoms with Crippen LogP contribution in [0, 0.1) is 0 Å². The monoisotopic (exact) mass is 360 g/mol. The van der Waals surface area contributed by atoms with Gasteiger partial charge < -0.3 is 10.2 Å². The molecule has 0 bridgehead atoms. The molecule has 7 heteroatoms. The van der Waals surface area contributed by atoms with Gasteiger partial charge in [0.1, 0.15) is 10.6 Å². The summed E-state index contributed by atoms with van der Waals surface area (Å²) in [4.78, 5) is 35.5. The van der Waals surface area contributed by atoms with Crippen molar-refractivity contribution in [3.63, 3.8) is 0 Å². The Labute approximate surface area is 152 Å². The molecule has 134 valence electrons. The van der Waals surface area contributed by atoms with E-state index in [1.165, 1.54) is 29.9 Å². The minimum absolute atomic E-state index is 0.0219. The largest absolute Gasteiger partial charge is 0.338 e. The molecule has 0 radical (unpaired) electrons. The molecule has 0 aliphatic heterocycles. The summed E-state index contributed by atoms with van der Waals surface area (Å²) < 4.78 is 0. The Balaban J connectivity index is 2.12. The average Bonchev–Trinajstić information content (AvgIpc) is 3.10. The molecule has 0 aliphatic rings. The van der Waals surface area contributed by atoms with E-state index in [1.54, 1.807) is 6.07 Å². The molecule has 0 aliphatic carbocycles. The molecule has 0 spiro atoms. The number of aromatic nitrogens is 2. The van der Waals surface area contributed by atoms with E-state index < -0.39 is 0 Å². The molecule has 0 atom stereocenters. The van der Waals surface area contributed by atoms with Gasteiger partial charge in [0.25, 0.3) is 11.8 Å². The molecule has 0 unspecified atom stereocenters. The first-order valence-corrected chi connectivity index (χ1v) is 9.49. The van der Waals surface area contributed by atoms with Crippen molar-refractivity contribution in [2.24, 2.45) is 0 Å². The van der Waals surface area contributed by atoms with E-state index in [2.05, 4.69) is 29.1 Å². The van der Waals surface area contributed by atoms with Gasteiger partial charge in [-0.2, -0.15) is 0 Å². The van der Waals surface area contributed by atoms with Crippen LogP contribution in [-0.2, 0) is 0 Å². The molecule has 2 aromatic heterocycles. The molecular weight excluding hydrogens is 336 g/mol. The third-order valence-electron chi connectivity index (χ3n) is 3.75. The SMILES string of the molecule is CCCCN(CCCC)C(=O)c1sccc1NC(=O)c1cnccn1. The summed E-state index contributed by atoms with van der Waals surface area (Å²) in [7, 11) is 0. The van der Waals surface area contributed by atoms with Gasteiger partial charge in [0, 0.05) is 25.5 Å². The van der Waals surface area contributed by atoms with Gasteiger partial charge in [0.05, 0.1) is 11.9 Å². The number of hydrogen-bond donors (Lipinski definition) is 1. The van der Waals surface area contributed by atoms with Crippen molar-refractivity contribution in [2.45, 2.75) is 39.5 Å². The lowest BCUT2D eigenvalue weighted by molar-refractivity contribution is 0.0757. The van der Waals surface area contributed by atoms with Crippen molar-refractivity contribution < 1.29 is 9.59 Å². The van der Waals surface area contributed by atoms with Crippen molar-refractivity contribution in [3.8, 4) is 0 Å². The van der Waals surface area contributed by atoms with Crippen LogP contribution in [0.2, 0.25) is 0 Å². The highest BCUT2D eigenvalue weighted by Gasteiger charge is 2.21. The number of hydrogen-bond acceptors (Lipinski definition) is 5. The minimum Gasteiger partial charge on any atom is -0.338 e. The van der Waals surface area contributed by atoms with Crippen LogP contribution in [0.3, 0.4) is 0 Å². The number of carbonyl (C=O) groups is 2. The zero-order chi connectivity index (χ0) is 18.1. The Morgan fingerprint density at radius 3 is 2.48 bits per heavy atom. The standard InChI is InChI=1S/C18H24N4O2S/c1-3-5-10-22(11-6-4-2)18(24)16-14(7-12-25-16)21-17(23)15-13-19-8-9-20-15/h7-9,12-13H,3-6,10-11H2,1-2H3,(H,21,23). The second-order valence-electron chi connectivity index (χ2n) is 5.71. The summed E-state index contributed by atoms with van der Waals surface area (Å²) in [6.45, 7) is 5.70. The molecule has 2 amide bonds. The summed E-state index contributed by atoms with van der Waals surface area (Å²) in [6, 6.07) is 1.75. The first-order valence-electron chi connectivity index (χ1n) is 8.61. The number of nitrogens with zero attached hydrogens (tertiary/aromatic N) is 3. The van der Waals surface area contributed by atoms with E-state index in [9.17, 15) is 9.59 Å². The molecule has 6 nitrogen and oxygen atoms in total. The lowest BCUT2D eigenvalue weighted by atomic mass is 10.2. The van der Waals surface area contributed by atoms with Gasteiger partial charge in [-0.3, -0.25) is 14.6 Å². The van der Waals surface area contributed by atoms with Crippen molar-refractivity contribution in [2.75, 3.05) is 18.4 Å². The number of anilines is 1. The van der Waals surface area contributed by atoms with E-state index in [-0.39, 0.29) is 17.5 Å². The Hall–Kier alpha value is -2.28. The maximum absolute atomic E-state index is 12.9. The number of nitrogens with one attached hydrogen (secondary N) is 1. The summed E-state index contributed by atoms with van der Waals surface area (Å²) in [5.74, 6) is -0.388. The van der Waals surface area contributed by atoms with Gasteiger partial charge in [-0.15, -0.1) is 11.3 Å². The Bertz CT molecular complexity index is 679. The zero-order valence-electron chi connectivity index (χ0n) is 14.7. The van der Waals surface area contributed by atoms with Gasteiger partial charge >= 0.3 is 0 Å². The number of carbonyl (C=O) groups excluding carboxylic acids is 2. The fraction of sp³-hybridized carbons (Fsp3) is 0.444. The van der Waals surface area contributed by atoms with Crippen molar-refractivity contribution in [1.29, 1.82) is 0 Å². The normalized spacial score (nSPS) is 10.5. The molecule has 0 saturated carbocycles. The third kappa shape index (κ3) is 5.35. The topological polar surface area (TPSA) is 75.2 Å². The highest BCUT2D eigenvalue weighted by atomic mass is 32.1. The van der Waals surface area contributed by atoms with Crippen LogP contribution < -0.4 is 5.32 Å². The van der Waals surface area contributed by atoms with Crippen LogP contribution in [-0.4, -0.2) is 39.8 Å². The summed E-state index contributed by atoms with van der Waals surface area (Å²) in [5.41, 5.74) is 0.754. The lowest BCUT2D eigenvalue weighted by Crippen LogP contribution is -2.33. The van der Waals surface area contributed by atoms with E-state index in [1.807, 2.05) is 10.3 Å². The Morgan fingerprint density at radius 2 is 1.88 bits per heavy atom. The smallest absolute Gasteiger partial charge is 0.275 e. The molecular formula is C18H24N4O2S. The van der Waals surface area contributed by atoms with E-state index >= 15 is 0 Å². The van der Waals surface area contributed by atoms with Crippen LogP contribution in [0.15, 0.2) is 30.0 Å². The number of rotatable bonds is 9. The number of unbranched alkanes of at least 4 members (excludes halogenated alkanes) is 2. The average molecular weight is 360 g/mol. The Kier molecular flexibility index (Phi) is 7.53. The van der Waals surface area contributed by atoms with E-state index in [0.29, 0.717) is 10.6 Å². The molecule has 0 fully saturated rings. The highest BCUT2D eigenvalue weighted by molar-refractivity contribution is 7.12. The second kappa shape index (κ2) is 9.88. The highest BCUT2D eigenvalue weighted by Crippen LogP contribution is 2.25. The Morgan fingerprint density at radius 1 is 1.16 bits per heavy atom. The molecule has 0 saturated heterocycles. The molecule has 2 heterocycles. The minimum atomic E-state index is -0.366.